The highest BCUT2D eigenvalue weighted by Crippen LogP contribution is 2.34. The molecule has 1 aliphatic heterocycles. The van der Waals surface area contributed by atoms with Crippen LogP contribution in [0.15, 0.2) is 22.7 Å². The Kier molecular flexibility index (Phi) is 3.40. The molecule has 0 bridgehead atoms. The van der Waals surface area contributed by atoms with Crippen LogP contribution in [0.3, 0.4) is 0 Å². The Morgan fingerprint density at radius 3 is 3.00 bits per heavy atom. The van der Waals surface area contributed by atoms with Crippen LogP contribution in [0.4, 0.5) is 5.69 Å². The Balaban J connectivity index is 2.20. The fraction of sp³-hybridized carbons (Fsp3) is 0.400. The second-order valence-electron chi connectivity index (χ2n) is 3.58. The normalized spacial score (nSPS) is 19.7. The van der Waals surface area contributed by atoms with Crippen LogP contribution in [0.1, 0.15) is 6.42 Å². The maximum Gasteiger partial charge on any atom is 0.287 e. The zero-order chi connectivity index (χ0) is 11.5. The summed E-state index contributed by atoms with van der Waals surface area (Å²) in [6.07, 6.45) is 1.02. The summed E-state index contributed by atoms with van der Waals surface area (Å²) < 4.78 is 6.09. The molecule has 1 N–H and O–H groups in total. The lowest BCUT2D eigenvalue weighted by Crippen LogP contribution is -2.19. The molecule has 1 aromatic carbocycles. The van der Waals surface area contributed by atoms with Crippen molar-refractivity contribution >= 4 is 21.6 Å². The lowest BCUT2D eigenvalue weighted by molar-refractivity contribution is -0.385. The minimum atomic E-state index is -0.427. The number of rotatable bonds is 3. The van der Waals surface area contributed by atoms with Gasteiger partial charge in [-0.05, 0) is 35.0 Å². The van der Waals surface area contributed by atoms with Crippen molar-refractivity contribution in [3.8, 4) is 5.75 Å². The van der Waals surface area contributed by atoms with Gasteiger partial charge in [-0.3, -0.25) is 10.1 Å². The van der Waals surface area contributed by atoms with Gasteiger partial charge in [0.05, 0.1) is 4.92 Å². The second-order valence-corrected chi connectivity index (χ2v) is 4.37. The van der Waals surface area contributed by atoms with Crippen molar-refractivity contribution in [3.05, 3.63) is 32.8 Å². The first-order valence-electron chi connectivity index (χ1n) is 4.99. The molecule has 1 aromatic rings. The van der Waals surface area contributed by atoms with E-state index in [2.05, 4.69) is 21.2 Å². The summed E-state index contributed by atoms with van der Waals surface area (Å²) >= 11 is 3.20. The first kappa shape index (κ1) is 11.3. The summed E-state index contributed by atoms with van der Waals surface area (Å²) in [6.45, 7) is 1.71. The van der Waals surface area contributed by atoms with Gasteiger partial charge in [0, 0.05) is 12.6 Å². The molecule has 86 valence electrons. The van der Waals surface area contributed by atoms with E-state index in [1.807, 2.05) is 0 Å². The van der Waals surface area contributed by atoms with E-state index in [9.17, 15) is 10.1 Å². The van der Waals surface area contributed by atoms with Crippen molar-refractivity contribution in [3.63, 3.8) is 0 Å². The molecule has 0 aromatic heterocycles. The third kappa shape index (κ3) is 2.33. The van der Waals surface area contributed by atoms with Gasteiger partial charge in [-0.2, -0.15) is 0 Å². The number of hydrogen-bond acceptors (Lipinski definition) is 4. The second kappa shape index (κ2) is 4.80. The van der Waals surface area contributed by atoms with Gasteiger partial charge in [-0.1, -0.05) is 6.07 Å². The van der Waals surface area contributed by atoms with Gasteiger partial charge < -0.3 is 10.1 Å². The molecule has 0 radical (unpaired) electrons. The fourth-order valence-electron chi connectivity index (χ4n) is 1.64. The van der Waals surface area contributed by atoms with Gasteiger partial charge in [0.25, 0.3) is 5.69 Å². The first-order valence-corrected chi connectivity index (χ1v) is 5.78. The molecular weight excluding hydrogens is 276 g/mol. The number of hydrogen-bond donors (Lipinski definition) is 1. The maximum atomic E-state index is 10.7. The SMILES string of the molecule is O=[N+]([O-])c1cccc(O[C@H]2CCNC2)c1Br. The summed E-state index contributed by atoms with van der Waals surface area (Å²) in [6, 6.07) is 4.81. The Morgan fingerprint density at radius 2 is 2.38 bits per heavy atom. The number of nitrogens with one attached hydrogen (secondary N) is 1. The Morgan fingerprint density at radius 1 is 1.56 bits per heavy atom. The third-order valence-electron chi connectivity index (χ3n) is 2.45. The summed E-state index contributed by atoms with van der Waals surface area (Å²) in [5.74, 6) is 0.530. The van der Waals surface area contributed by atoms with E-state index < -0.39 is 4.92 Å². The van der Waals surface area contributed by atoms with Crippen LogP contribution < -0.4 is 10.1 Å². The van der Waals surface area contributed by atoms with E-state index in [0.29, 0.717) is 10.2 Å². The highest BCUT2D eigenvalue weighted by molar-refractivity contribution is 9.10. The van der Waals surface area contributed by atoms with Crippen molar-refractivity contribution in [2.45, 2.75) is 12.5 Å². The molecule has 1 atom stereocenters. The van der Waals surface area contributed by atoms with Gasteiger partial charge in [-0.25, -0.2) is 0 Å². The van der Waals surface area contributed by atoms with E-state index >= 15 is 0 Å². The molecule has 6 heteroatoms. The van der Waals surface area contributed by atoms with Crippen LogP contribution in [-0.4, -0.2) is 24.1 Å². The molecule has 2 rings (SSSR count). The zero-order valence-corrected chi connectivity index (χ0v) is 10.1. The predicted octanol–water partition coefficient (Wildman–Crippen LogP) is 2.10. The highest BCUT2D eigenvalue weighted by Gasteiger charge is 2.20. The molecule has 1 saturated heterocycles. The average Bonchev–Trinajstić information content (AvgIpc) is 2.73. The molecule has 0 unspecified atom stereocenters. The van der Waals surface area contributed by atoms with Gasteiger partial charge >= 0.3 is 0 Å². The summed E-state index contributed by atoms with van der Waals surface area (Å²) in [5, 5.41) is 13.9. The topological polar surface area (TPSA) is 64.4 Å². The molecule has 0 aliphatic carbocycles. The molecule has 5 nitrogen and oxygen atoms in total. The number of nitro benzene ring substituents is 1. The van der Waals surface area contributed by atoms with Crippen LogP contribution in [0.5, 0.6) is 5.75 Å². The van der Waals surface area contributed by atoms with Crippen LogP contribution in [0.2, 0.25) is 0 Å². The molecule has 1 heterocycles. The highest BCUT2D eigenvalue weighted by atomic mass is 79.9. The van der Waals surface area contributed by atoms with Crippen LogP contribution in [0.25, 0.3) is 0 Å². The van der Waals surface area contributed by atoms with Crippen molar-refractivity contribution < 1.29 is 9.66 Å². The van der Waals surface area contributed by atoms with Gasteiger partial charge in [0.15, 0.2) is 0 Å². The van der Waals surface area contributed by atoms with E-state index in [4.69, 9.17) is 4.74 Å². The van der Waals surface area contributed by atoms with E-state index in [1.54, 1.807) is 12.1 Å². The third-order valence-corrected chi connectivity index (χ3v) is 3.25. The number of halogens is 1. The standard InChI is InChI=1S/C10H11BrN2O3/c11-10-8(13(14)15)2-1-3-9(10)16-7-4-5-12-6-7/h1-3,7,12H,4-6H2/t7-/m0/s1. The average molecular weight is 287 g/mol. The van der Waals surface area contributed by atoms with Crippen molar-refractivity contribution in [2.24, 2.45) is 0 Å². The van der Waals surface area contributed by atoms with Gasteiger partial charge in [0.2, 0.25) is 0 Å². The quantitative estimate of drug-likeness (QED) is 0.683. The molecule has 0 spiro atoms. The van der Waals surface area contributed by atoms with Gasteiger partial charge in [0.1, 0.15) is 16.3 Å². The summed E-state index contributed by atoms with van der Waals surface area (Å²) in [4.78, 5) is 10.3. The van der Waals surface area contributed by atoms with E-state index in [1.165, 1.54) is 6.07 Å². The smallest absolute Gasteiger partial charge is 0.287 e. The monoisotopic (exact) mass is 286 g/mol. The molecule has 1 fully saturated rings. The van der Waals surface area contributed by atoms with Crippen molar-refractivity contribution in [2.75, 3.05) is 13.1 Å². The summed E-state index contributed by atoms with van der Waals surface area (Å²) in [7, 11) is 0. The van der Waals surface area contributed by atoms with E-state index in [-0.39, 0.29) is 11.8 Å². The molecule has 1 aliphatic rings. The van der Waals surface area contributed by atoms with Crippen LogP contribution >= 0.6 is 15.9 Å². The van der Waals surface area contributed by atoms with Crippen molar-refractivity contribution in [1.29, 1.82) is 0 Å². The number of benzene rings is 1. The first-order chi connectivity index (χ1) is 7.68. The lowest BCUT2D eigenvalue weighted by atomic mass is 10.3. The molecule has 0 saturated carbocycles. The van der Waals surface area contributed by atoms with Crippen LogP contribution in [0, 0.1) is 10.1 Å². The maximum absolute atomic E-state index is 10.7. The Labute approximate surface area is 101 Å². The Bertz CT molecular complexity index is 405. The zero-order valence-electron chi connectivity index (χ0n) is 8.48. The Hall–Kier alpha value is -1.14. The minimum absolute atomic E-state index is 0.0310. The largest absolute Gasteiger partial charge is 0.488 e. The molecule has 0 amide bonds. The summed E-state index contributed by atoms with van der Waals surface area (Å²) in [5.41, 5.74) is 0.0310. The van der Waals surface area contributed by atoms with E-state index in [0.717, 1.165) is 19.5 Å². The van der Waals surface area contributed by atoms with Crippen molar-refractivity contribution in [1.82, 2.24) is 5.32 Å². The predicted molar refractivity (Wildman–Crippen MR) is 62.7 cm³/mol. The number of ether oxygens (including phenoxy) is 1. The number of nitrogens with zero attached hydrogens (tertiary/aromatic N) is 1. The molecular formula is C10H11BrN2O3. The molecule has 16 heavy (non-hydrogen) atoms. The fourth-order valence-corrected chi connectivity index (χ4v) is 2.14. The lowest BCUT2D eigenvalue weighted by Gasteiger charge is -2.13. The van der Waals surface area contributed by atoms with Crippen LogP contribution in [-0.2, 0) is 0 Å². The van der Waals surface area contributed by atoms with Gasteiger partial charge in [-0.15, -0.1) is 0 Å². The minimum Gasteiger partial charge on any atom is -0.488 e. The number of nitro groups is 1.